The summed E-state index contributed by atoms with van der Waals surface area (Å²) in [5, 5.41) is 18.0. The number of benzene rings is 2. The fourth-order valence-corrected chi connectivity index (χ4v) is 5.74. The van der Waals surface area contributed by atoms with E-state index >= 15 is 0 Å². The first kappa shape index (κ1) is 32.8. The predicted octanol–water partition coefficient (Wildman–Crippen LogP) is 6.48. The van der Waals surface area contributed by atoms with Gasteiger partial charge in [-0.2, -0.15) is 18.4 Å². The first-order chi connectivity index (χ1) is 21.1. The van der Waals surface area contributed by atoms with Crippen LogP contribution < -0.4 is 4.90 Å². The molecular formula is C30H33F3N4O6S. The number of piperidine rings is 1. The van der Waals surface area contributed by atoms with Crippen molar-refractivity contribution in [1.82, 2.24) is 15.4 Å². The van der Waals surface area contributed by atoms with Gasteiger partial charge >= 0.3 is 24.1 Å². The third-order valence-corrected chi connectivity index (χ3v) is 8.26. The average Bonchev–Trinajstić information content (AvgIpc) is 3.50. The molecule has 2 fully saturated rings. The van der Waals surface area contributed by atoms with Crippen molar-refractivity contribution in [3.63, 3.8) is 0 Å². The quantitative estimate of drug-likeness (QED) is 0.209. The van der Waals surface area contributed by atoms with Gasteiger partial charge in [0.15, 0.2) is 5.03 Å². The van der Waals surface area contributed by atoms with Crippen molar-refractivity contribution in [2.75, 3.05) is 24.8 Å². The number of esters is 2. The van der Waals surface area contributed by atoms with E-state index < -0.39 is 24.9 Å². The summed E-state index contributed by atoms with van der Waals surface area (Å²) >= 11 is 1.32. The molecule has 14 heteroatoms. The Labute approximate surface area is 256 Å². The largest absolute Gasteiger partial charge is 0.490 e. The zero-order chi connectivity index (χ0) is 31.5. The van der Waals surface area contributed by atoms with Gasteiger partial charge < -0.3 is 19.5 Å². The van der Waals surface area contributed by atoms with Crippen LogP contribution in [0.1, 0.15) is 61.9 Å². The molecule has 0 unspecified atom stereocenters. The van der Waals surface area contributed by atoms with Gasteiger partial charge in [-0.1, -0.05) is 55.3 Å². The SMILES string of the molecule is O=C(O)C(F)(F)F.O=C(OCOC(=O)C1CCCCC1)c1n[nH]nc1Sc1ccc(-c2ccc(N3CCCCC3)cc2)cc1. The van der Waals surface area contributed by atoms with Gasteiger partial charge in [0, 0.05) is 23.7 Å². The molecule has 5 rings (SSSR count). The number of aromatic nitrogens is 3. The Bertz CT molecular complexity index is 1390. The van der Waals surface area contributed by atoms with Crippen LogP contribution in [0, 0.1) is 5.92 Å². The fourth-order valence-electron chi connectivity index (χ4n) is 4.93. The molecule has 1 saturated heterocycles. The van der Waals surface area contributed by atoms with Crippen LogP contribution in [0.25, 0.3) is 11.1 Å². The molecule has 2 heterocycles. The maximum atomic E-state index is 12.5. The highest BCUT2D eigenvalue weighted by Crippen LogP contribution is 2.31. The van der Waals surface area contributed by atoms with E-state index in [2.05, 4.69) is 56.7 Å². The molecular weight excluding hydrogens is 601 g/mol. The Kier molecular flexibility index (Phi) is 11.6. The number of ether oxygens (including phenoxy) is 2. The second-order valence-corrected chi connectivity index (χ2v) is 11.4. The molecule has 1 aromatic heterocycles. The van der Waals surface area contributed by atoms with Gasteiger partial charge in [-0.3, -0.25) is 4.79 Å². The molecule has 0 atom stereocenters. The van der Waals surface area contributed by atoms with E-state index in [0.717, 1.165) is 61.2 Å². The molecule has 2 aromatic carbocycles. The molecule has 0 amide bonds. The Morgan fingerprint density at radius 3 is 2.02 bits per heavy atom. The molecule has 3 aromatic rings. The van der Waals surface area contributed by atoms with E-state index in [1.54, 1.807) is 0 Å². The van der Waals surface area contributed by atoms with Crippen molar-refractivity contribution >= 4 is 35.4 Å². The van der Waals surface area contributed by atoms with Gasteiger partial charge in [0.2, 0.25) is 12.5 Å². The number of carboxylic acid groups (broad SMARTS) is 1. The van der Waals surface area contributed by atoms with Gasteiger partial charge in [0.1, 0.15) is 0 Å². The van der Waals surface area contributed by atoms with E-state index in [1.165, 1.54) is 36.7 Å². The van der Waals surface area contributed by atoms with Crippen LogP contribution >= 0.6 is 11.8 Å². The third-order valence-electron chi connectivity index (χ3n) is 7.27. The van der Waals surface area contributed by atoms with Crippen molar-refractivity contribution in [1.29, 1.82) is 0 Å². The molecule has 1 aliphatic heterocycles. The number of H-pyrrole nitrogens is 1. The Hall–Kier alpha value is -4.07. The van der Waals surface area contributed by atoms with Crippen LogP contribution in [-0.4, -0.2) is 64.5 Å². The second-order valence-electron chi connectivity index (χ2n) is 10.3. The minimum Gasteiger partial charge on any atom is -0.475 e. The normalized spacial score (nSPS) is 15.6. The van der Waals surface area contributed by atoms with Gasteiger partial charge in [-0.05, 0) is 67.5 Å². The summed E-state index contributed by atoms with van der Waals surface area (Å²) in [6, 6.07) is 16.8. The van der Waals surface area contributed by atoms with Gasteiger partial charge in [0.25, 0.3) is 0 Å². The van der Waals surface area contributed by atoms with Crippen LogP contribution in [-0.2, 0) is 19.1 Å². The number of halogens is 3. The third kappa shape index (κ3) is 9.46. The number of carbonyl (C=O) groups is 3. The van der Waals surface area contributed by atoms with Crippen LogP contribution in [0.3, 0.4) is 0 Å². The van der Waals surface area contributed by atoms with Crippen molar-refractivity contribution in [3.05, 3.63) is 54.2 Å². The summed E-state index contributed by atoms with van der Waals surface area (Å²) in [5.41, 5.74) is 3.63. The van der Waals surface area contributed by atoms with Gasteiger partial charge in [-0.25, -0.2) is 9.59 Å². The smallest absolute Gasteiger partial charge is 0.475 e. The number of carbonyl (C=O) groups excluding carboxylic acids is 2. The van der Waals surface area contributed by atoms with Crippen LogP contribution in [0.5, 0.6) is 0 Å². The number of rotatable bonds is 8. The summed E-state index contributed by atoms with van der Waals surface area (Å²) < 4.78 is 42.0. The predicted molar refractivity (Wildman–Crippen MR) is 155 cm³/mol. The first-order valence-electron chi connectivity index (χ1n) is 14.3. The zero-order valence-electron chi connectivity index (χ0n) is 23.8. The van der Waals surface area contributed by atoms with Crippen molar-refractivity contribution in [2.45, 2.75) is 67.5 Å². The number of hydrogen-bond acceptors (Lipinski definition) is 9. The van der Waals surface area contributed by atoms with Crippen molar-refractivity contribution in [2.24, 2.45) is 5.92 Å². The molecule has 1 saturated carbocycles. The minimum absolute atomic E-state index is 0.0658. The molecule has 0 radical (unpaired) electrons. The number of nitrogens with zero attached hydrogens (tertiary/aromatic N) is 3. The molecule has 1 aliphatic carbocycles. The molecule has 0 bridgehead atoms. The number of alkyl halides is 3. The standard InChI is InChI=1S/C28H32N4O4S.C2HF3O2/c33-27(22-7-3-1-4-8-22)35-19-36-28(34)25-26(30-31-29-25)37-24-15-11-21(12-16-24)20-9-13-23(14-10-20)32-17-5-2-6-18-32;3-2(4,5)1(6)7/h9-16,22H,1-8,17-19H2,(H,29,30,31);(H,6,7). The van der Waals surface area contributed by atoms with Crippen molar-refractivity contribution in [3.8, 4) is 11.1 Å². The average molecular weight is 635 g/mol. The number of aromatic amines is 1. The van der Waals surface area contributed by atoms with Crippen LogP contribution in [0.2, 0.25) is 0 Å². The maximum Gasteiger partial charge on any atom is 0.490 e. The lowest BCUT2D eigenvalue weighted by Gasteiger charge is -2.28. The summed E-state index contributed by atoms with van der Waals surface area (Å²) in [4.78, 5) is 36.9. The Morgan fingerprint density at radius 2 is 1.43 bits per heavy atom. The summed E-state index contributed by atoms with van der Waals surface area (Å²) in [5.74, 6) is -3.84. The lowest BCUT2D eigenvalue weighted by atomic mass is 9.89. The van der Waals surface area contributed by atoms with E-state index in [0.29, 0.717) is 5.03 Å². The number of aliphatic carboxylic acids is 1. The topological polar surface area (TPSA) is 135 Å². The number of hydrogen-bond donors (Lipinski definition) is 2. The highest BCUT2D eigenvalue weighted by molar-refractivity contribution is 7.99. The van der Waals surface area contributed by atoms with E-state index in [-0.39, 0.29) is 17.6 Å². The van der Waals surface area contributed by atoms with E-state index in [1.807, 2.05) is 12.1 Å². The minimum atomic E-state index is -5.08. The van der Waals surface area contributed by atoms with E-state index in [4.69, 9.17) is 19.4 Å². The summed E-state index contributed by atoms with van der Waals surface area (Å²) in [6.07, 6.45) is 3.65. The van der Waals surface area contributed by atoms with E-state index in [9.17, 15) is 22.8 Å². The lowest BCUT2D eigenvalue weighted by Crippen LogP contribution is -2.29. The Balaban J connectivity index is 0.000000566. The second kappa shape index (κ2) is 15.6. The first-order valence-corrected chi connectivity index (χ1v) is 15.1. The van der Waals surface area contributed by atoms with Crippen LogP contribution in [0.4, 0.5) is 18.9 Å². The number of carboxylic acids is 1. The van der Waals surface area contributed by atoms with Crippen LogP contribution in [0.15, 0.2) is 58.5 Å². The number of nitrogens with one attached hydrogen (secondary N) is 1. The summed E-state index contributed by atoms with van der Waals surface area (Å²) in [7, 11) is 0. The van der Waals surface area contributed by atoms with Gasteiger partial charge in [-0.15, -0.1) is 10.2 Å². The summed E-state index contributed by atoms with van der Waals surface area (Å²) in [6.45, 7) is 1.85. The monoisotopic (exact) mass is 634 g/mol. The highest BCUT2D eigenvalue weighted by atomic mass is 32.2. The zero-order valence-corrected chi connectivity index (χ0v) is 24.7. The molecule has 0 spiro atoms. The van der Waals surface area contributed by atoms with Crippen molar-refractivity contribution < 1.29 is 42.1 Å². The maximum absolute atomic E-state index is 12.5. The molecule has 2 aliphatic rings. The van der Waals surface area contributed by atoms with Gasteiger partial charge in [0.05, 0.1) is 5.92 Å². The molecule has 2 N–H and O–H groups in total. The lowest BCUT2D eigenvalue weighted by molar-refractivity contribution is -0.192. The molecule has 236 valence electrons. The highest BCUT2D eigenvalue weighted by Gasteiger charge is 2.38. The fraction of sp³-hybridized carbons (Fsp3) is 0.433. The molecule has 44 heavy (non-hydrogen) atoms. The Morgan fingerprint density at radius 1 is 0.864 bits per heavy atom. The molecule has 10 nitrogen and oxygen atoms in total. The number of anilines is 1.